The van der Waals surface area contributed by atoms with Crippen molar-refractivity contribution >= 4 is 27.8 Å². The number of carbonyl (C=O) groups excluding carboxylic acids is 1. The van der Waals surface area contributed by atoms with Gasteiger partial charge in [-0.2, -0.15) is 5.10 Å². The molecule has 1 N–H and O–H groups in total. The number of hydrogen-bond acceptors (Lipinski definition) is 4. The number of rotatable bonds is 7. The van der Waals surface area contributed by atoms with Crippen LogP contribution in [0.3, 0.4) is 0 Å². The van der Waals surface area contributed by atoms with Crippen LogP contribution in [0.2, 0.25) is 0 Å². The van der Waals surface area contributed by atoms with Crippen molar-refractivity contribution < 1.29 is 22.0 Å². The molecule has 0 aliphatic heterocycles. The fourth-order valence-electron chi connectivity index (χ4n) is 2.57. The van der Waals surface area contributed by atoms with Crippen LogP contribution in [0.15, 0.2) is 88.9 Å². The molecule has 30 heavy (non-hydrogen) atoms. The molecule has 154 valence electrons. The van der Waals surface area contributed by atoms with E-state index < -0.39 is 34.1 Å². The van der Waals surface area contributed by atoms with Gasteiger partial charge in [0, 0.05) is 0 Å². The van der Waals surface area contributed by atoms with Crippen LogP contribution in [0.1, 0.15) is 5.56 Å². The van der Waals surface area contributed by atoms with Gasteiger partial charge in [-0.15, -0.1) is 0 Å². The second-order valence-corrected chi connectivity index (χ2v) is 7.98. The highest BCUT2D eigenvalue weighted by Crippen LogP contribution is 2.25. The molecule has 0 atom stereocenters. The Kier molecular flexibility index (Phi) is 6.53. The Labute approximate surface area is 172 Å². The molecule has 0 fully saturated rings. The van der Waals surface area contributed by atoms with E-state index in [1.165, 1.54) is 72.9 Å². The third-order valence-electron chi connectivity index (χ3n) is 4.01. The van der Waals surface area contributed by atoms with Crippen LogP contribution in [0.5, 0.6) is 0 Å². The highest BCUT2D eigenvalue weighted by Gasteiger charge is 2.28. The molecule has 0 aliphatic carbocycles. The van der Waals surface area contributed by atoms with Crippen LogP contribution in [0.25, 0.3) is 0 Å². The van der Waals surface area contributed by atoms with Gasteiger partial charge in [-0.3, -0.25) is 9.10 Å². The molecule has 3 aromatic carbocycles. The Morgan fingerprint density at radius 1 is 0.933 bits per heavy atom. The summed E-state index contributed by atoms with van der Waals surface area (Å²) in [5, 5.41) is 3.73. The van der Waals surface area contributed by atoms with Gasteiger partial charge < -0.3 is 0 Å². The average molecular weight is 429 g/mol. The van der Waals surface area contributed by atoms with E-state index >= 15 is 0 Å². The molecule has 0 unspecified atom stereocenters. The average Bonchev–Trinajstić information content (AvgIpc) is 2.75. The number of hydrazone groups is 1. The maximum atomic E-state index is 14.3. The van der Waals surface area contributed by atoms with Gasteiger partial charge in [0.1, 0.15) is 18.2 Å². The highest BCUT2D eigenvalue weighted by atomic mass is 32.2. The van der Waals surface area contributed by atoms with Crippen molar-refractivity contribution in [2.45, 2.75) is 4.90 Å². The number of benzene rings is 3. The van der Waals surface area contributed by atoms with Crippen LogP contribution < -0.4 is 9.73 Å². The molecule has 0 saturated carbocycles. The van der Waals surface area contributed by atoms with Crippen molar-refractivity contribution in [1.29, 1.82) is 0 Å². The van der Waals surface area contributed by atoms with Gasteiger partial charge in [-0.1, -0.05) is 42.5 Å². The standard InChI is InChI=1S/C21H17F2N3O3S/c22-17-12-10-16(11-13-17)14-24-25-21(27)15-26(20-9-5-4-8-19(20)23)30(28,29)18-6-2-1-3-7-18/h1-14H,15H2,(H,25,27). The Morgan fingerprint density at radius 2 is 1.57 bits per heavy atom. The predicted octanol–water partition coefficient (Wildman–Crippen LogP) is 3.31. The molecular formula is C21H17F2N3O3S. The monoisotopic (exact) mass is 429 g/mol. The van der Waals surface area contributed by atoms with Crippen LogP contribution in [0.4, 0.5) is 14.5 Å². The maximum absolute atomic E-state index is 14.3. The van der Waals surface area contributed by atoms with E-state index in [9.17, 15) is 22.0 Å². The molecule has 3 aromatic rings. The van der Waals surface area contributed by atoms with Crippen LogP contribution in [-0.2, 0) is 14.8 Å². The largest absolute Gasteiger partial charge is 0.271 e. The number of para-hydroxylation sites is 1. The second-order valence-electron chi connectivity index (χ2n) is 6.12. The van der Waals surface area contributed by atoms with E-state index in [-0.39, 0.29) is 10.6 Å². The van der Waals surface area contributed by atoms with E-state index in [2.05, 4.69) is 10.5 Å². The van der Waals surface area contributed by atoms with E-state index in [4.69, 9.17) is 0 Å². The molecule has 3 rings (SSSR count). The summed E-state index contributed by atoms with van der Waals surface area (Å²) in [5.74, 6) is -1.99. The normalized spacial score (nSPS) is 11.4. The van der Waals surface area contributed by atoms with E-state index in [1.807, 2.05) is 0 Å². The smallest absolute Gasteiger partial charge is 0.264 e. The molecule has 0 aliphatic rings. The number of amides is 1. The number of carbonyl (C=O) groups is 1. The zero-order valence-electron chi connectivity index (χ0n) is 15.6. The summed E-state index contributed by atoms with van der Waals surface area (Å²) < 4.78 is 54.0. The lowest BCUT2D eigenvalue weighted by Crippen LogP contribution is -2.40. The molecule has 0 radical (unpaired) electrons. The van der Waals surface area contributed by atoms with Gasteiger partial charge in [0.15, 0.2) is 0 Å². The number of anilines is 1. The molecule has 0 saturated heterocycles. The van der Waals surface area contributed by atoms with Crippen LogP contribution in [0, 0.1) is 11.6 Å². The summed E-state index contributed by atoms with van der Waals surface area (Å²) in [7, 11) is -4.21. The summed E-state index contributed by atoms with van der Waals surface area (Å²) in [4.78, 5) is 12.3. The molecule has 0 heterocycles. The summed E-state index contributed by atoms with van der Waals surface area (Å²) in [6, 6.07) is 18.0. The van der Waals surface area contributed by atoms with Gasteiger partial charge >= 0.3 is 0 Å². The minimum Gasteiger partial charge on any atom is -0.271 e. The fraction of sp³-hybridized carbons (Fsp3) is 0.0476. The quantitative estimate of drug-likeness (QED) is 0.462. The van der Waals surface area contributed by atoms with Gasteiger partial charge in [-0.05, 0) is 42.0 Å². The van der Waals surface area contributed by atoms with Crippen molar-refractivity contribution in [3.05, 3.63) is 96.1 Å². The number of nitrogens with one attached hydrogen (secondary N) is 1. The number of sulfonamides is 1. The van der Waals surface area contributed by atoms with Crippen molar-refractivity contribution in [2.75, 3.05) is 10.8 Å². The summed E-state index contributed by atoms with van der Waals surface area (Å²) in [5.41, 5.74) is 2.46. The Morgan fingerprint density at radius 3 is 2.23 bits per heavy atom. The lowest BCUT2D eigenvalue weighted by Gasteiger charge is -2.24. The van der Waals surface area contributed by atoms with Gasteiger partial charge in [0.2, 0.25) is 0 Å². The molecule has 1 amide bonds. The van der Waals surface area contributed by atoms with Gasteiger partial charge in [0.05, 0.1) is 16.8 Å². The lowest BCUT2D eigenvalue weighted by atomic mass is 10.2. The van der Waals surface area contributed by atoms with Crippen LogP contribution in [-0.4, -0.2) is 27.1 Å². The molecule has 6 nitrogen and oxygen atoms in total. The number of nitrogens with zero attached hydrogens (tertiary/aromatic N) is 2. The first-order valence-corrected chi connectivity index (χ1v) is 10.2. The highest BCUT2D eigenvalue weighted by molar-refractivity contribution is 7.92. The number of halogens is 2. The predicted molar refractivity (Wildman–Crippen MR) is 110 cm³/mol. The SMILES string of the molecule is O=C(CN(c1ccccc1F)S(=O)(=O)c1ccccc1)NN=Cc1ccc(F)cc1. The summed E-state index contributed by atoms with van der Waals surface area (Å²) in [6.45, 7) is -0.696. The Hall–Kier alpha value is -3.59. The van der Waals surface area contributed by atoms with Crippen molar-refractivity contribution in [3.8, 4) is 0 Å². The van der Waals surface area contributed by atoms with Gasteiger partial charge in [0.25, 0.3) is 15.9 Å². The van der Waals surface area contributed by atoms with Crippen LogP contribution >= 0.6 is 0 Å². The molecule has 0 spiro atoms. The zero-order chi connectivity index (χ0) is 21.6. The summed E-state index contributed by atoms with van der Waals surface area (Å²) in [6.07, 6.45) is 1.27. The van der Waals surface area contributed by atoms with Crippen molar-refractivity contribution in [3.63, 3.8) is 0 Å². The molecule has 9 heteroatoms. The van der Waals surface area contributed by atoms with E-state index in [1.54, 1.807) is 6.07 Å². The Balaban J connectivity index is 1.83. The zero-order valence-corrected chi connectivity index (χ0v) is 16.4. The topological polar surface area (TPSA) is 78.8 Å². The fourth-order valence-corrected chi connectivity index (χ4v) is 4.02. The first-order valence-electron chi connectivity index (χ1n) is 8.78. The lowest BCUT2D eigenvalue weighted by molar-refractivity contribution is -0.119. The summed E-state index contributed by atoms with van der Waals surface area (Å²) >= 11 is 0. The maximum Gasteiger partial charge on any atom is 0.264 e. The second kappa shape index (κ2) is 9.27. The first-order chi connectivity index (χ1) is 14.4. The number of hydrogen-bond donors (Lipinski definition) is 1. The van der Waals surface area contributed by atoms with E-state index in [0.717, 1.165) is 6.07 Å². The van der Waals surface area contributed by atoms with Crippen molar-refractivity contribution in [1.82, 2.24) is 5.43 Å². The van der Waals surface area contributed by atoms with Crippen molar-refractivity contribution in [2.24, 2.45) is 5.10 Å². The molecular weight excluding hydrogens is 412 g/mol. The molecule has 0 bridgehead atoms. The third kappa shape index (κ3) is 5.06. The Bertz CT molecular complexity index is 1150. The van der Waals surface area contributed by atoms with E-state index in [0.29, 0.717) is 9.87 Å². The minimum atomic E-state index is -4.21. The van der Waals surface area contributed by atoms with Gasteiger partial charge in [-0.25, -0.2) is 22.6 Å². The third-order valence-corrected chi connectivity index (χ3v) is 5.79. The minimum absolute atomic E-state index is 0.0872. The first kappa shape index (κ1) is 21.1. The molecule has 0 aromatic heterocycles.